The third-order valence-electron chi connectivity index (χ3n) is 13.1. The first-order valence-corrected chi connectivity index (χ1v) is 21.3. The Kier molecular flexibility index (Phi) is 10.6. The molecule has 0 unspecified atom stereocenters. The van der Waals surface area contributed by atoms with E-state index in [1.54, 1.807) is 0 Å². The molecule has 0 amide bonds. The number of hydrogen-bond acceptors (Lipinski definition) is 4. The van der Waals surface area contributed by atoms with Gasteiger partial charge >= 0.3 is 21.1 Å². The first kappa shape index (κ1) is 40.6. The second kappa shape index (κ2) is 15.1. The van der Waals surface area contributed by atoms with Crippen molar-refractivity contribution in [3.05, 3.63) is 118 Å². The van der Waals surface area contributed by atoms with Crippen LogP contribution in [0, 0.1) is 25.0 Å². The molecule has 0 spiro atoms. The summed E-state index contributed by atoms with van der Waals surface area (Å²) in [6.07, 6.45) is 8.25. The van der Waals surface area contributed by atoms with Gasteiger partial charge in [0.1, 0.15) is 11.5 Å². The van der Waals surface area contributed by atoms with E-state index >= 15 is 0 Å². The van der Waals surface area contributed by atoms with Gasteiger partial charge in [0.05, 0.1) is 18.2 Å². The fourth-order valence-corrected chi connectivity index (χ4v) is 9.78. The van der Waals surface area contributed by atoms with Gasteiger partial charge in [-0.1, -0.05) is 142 Å². The zero-order valence-electron chi connectivity index (χ0n) is 35.9. The van der Waals surface area contributed by atoms with E-state index in [1.165, 1.54) is 76.4 Å². The first-order valence-electron chi connectivity index (χ1n) is 21.3. The molecule has 0 bridgehead atoms. The zero-order chi connectivity index (χ0) is 40.0. The summed E-state index contributed by atoms with van der Waals surface area (Å²) in [6.45, 7) is 23.5. The summed E-state index contributed by atoms with van der Waals surface area (Å²) < 4.78 is 15.8. The van der Waals surface area contributed by atoms with Gasteiger partial charge in [0.15, 0.2) is 0 Å². The first-order chi connectivity index (χ1) is 27.2. The van der Waals surface area contributed by atoms with E-state index in [-0.39, 0.29) is 37.9 Å². The molecule has 6 heteroatoms. The summed E-state index contributed by atoms with van der Waals surface area (Å²) in [5, 5.41) is 2.38. The number of aromatic nitrogens is 2. The molecule has 2 aromatic heterocycles. The Morgan fingerprint density at radius 1 is 0.862 bits per heavy atom. The molecular weight excluding hydrogens is 894 g/mol. The van der Waals surface area contributed by atoms with Crippen molar-refractivity contribution in [2.75, 3.05) is 6.61 Å². The molecule has 1 aliphatic carbocycles. The van der Waals surface area contributed by atoms with Crippen LogP contribution in [0.15, 0.2) is 71.9 Å². The van der Waals surface area contributed by atoms with Crippen molar-refractivity contribution in [2.45, 2.75) is 130 Å². The zero-order valence-corrected chi connectivity index (χ0v) is 38.1. The van der Waals surface area contributed by atoms with Gasteiger partial charge in [0.25, 0.3) is 0 Å². The van der Waals surface area contributed by atoms with Crippen LogP contribution in [0.3, 0.4) is 0 Å². The normalized spacial score (nSPS) is 17.7. The maximum Gasteiger partial charge on any atom is 2.00 e. The molecule has 4 heterocycles. The van der Waals surface area contributed by atoms with E-state index in [0.29, 0.717) is 41.8 Å². The van der Waals surface area contributed by atoms with Crippen LogP contribution in [0.1, 0.15) is 145 Å². The average Bonchev–Trinajstić information content (AvgIpc) is 3.81. The Bertz CT molecular complexity index is 2550. The molecular formula is C52H57N3O2Pt. The van der Waals surface area contributed by atoms with Crippen molar-refractivity contribution in [1.29, 1.82) is 0 Å². The van der Waals surface area contributed by atoms with Gasteiger partial charge in [-0.25, -0.2) is 4.98 Å². The van der Waals surface area contributed by atoms with Crippen molar-refractivity contribution < 1.29 is 30.5 Å². The summed E-state index contributed by atoms with van der Waals surface area (Å²) in [6, 6.07) is 30.2. The Morgan fingerprint density at radius 2 is 1.59 bits per heavy atom. The fourth-order valence-electron chi connectivity index (χ4n) is 9.78. The Hall–Kier alpha value is -4.21. The monoisotopic (exact) mass is 950 g/mol. The minimum atomic E-state index is -0.279. The van der Waals surface area contributed by atoms with Crippen LogP contribution < -0.4 is 4.74 Å². The molecule has 6 aromatic rings. The van der Waals surface area contributed by atoms with E-state index in [4.69, 9.17) is 19.5 Å². The molecule has 1 saturated carbocycles. The predicted molar refractivity (Wildman–Crippen MR) is 235 cm³/mol. The van der Waals surface area contributed by atoms with E-state index in [9.17, 15) is 0 Å². The van der Waals surface area contributed by atoms with Crippen molar-refractivity contribution in [1.82, 2.24) is 9.55 Å². The quantitative estimate of drug-likeness (QED) is 0.150. The Morgan fingerprint density at radius 3 is 2.28 bits per heavy atom. The van der Waals surface area contributed by atoms with Crippen LogP contribution in [0.25, 0.3) is 38.8 Å². The largest absolute Gasteiger partial charge is 2.00 e. The van der Waals surface area contributed by atoms with Crippen LogP contribution >= 0.6 is 0 Å². The maximum absolute atomic E-state index is 7.03. The van der Waals surface area contributed by atoms with Gasteiger partial charge in [-0.15, -0.1) is 23.3 Å². The van der Waals surface area contributed by atoms with Crippen molar-refractivity contribution >= 4 is 27.8 Å². The van der Waals surface area contributed by atoms with E-state index in [2.05, 4.69) is 141 Å². The minimum Gasteiger partial charge on any atom is -0.518 e. The van der Waals surface area contributed by atoms with Crippen LogP contribution in [0.4, 0.5) is 0 Å². The van der Waals surface area contributed by atoms with E-state index in [0.717, 1.165) is 33.4 Å². The SMILES string of the molecule is Cc1cc2c([c-]c1Oc1[c-]c(C3=N[C@H](C4CCCCC4)CO3)cc(-c3c(C(C)C)cccc3C(C)C)c1)-n1c3ncccc3c3cc(C(C)(C)C)cc(c31)C2(C)C.[Pt+2]. The van der Waals surface area contributed by atoms with Crippen molar-refractivity contribution in [2.24, 2.45) is 10.9 Å². The summed E-state index contributed by atoms with van der Waals surface area (Å²) in [4.78, 5) is 10.2. The summed E-state index contributed by atoms with van der Waals surface area (Å²) in [7, 11) is 0. The average molecular weight is 951 g/mol. The smallest absolute Gasteiger partial charge is 0.518 e. The summed E-state index contributed by atoms with van der Waals surface area (Å²) >= 11 is 0. The van der Waals surface area contributed by atoms with Crippen molar-refractivity contribution in [3.8, 4) is 28.3 Å². The van der Waals surface area contributed by atoms with Crippen LogP contribution in [-0.2, 0) is 36.6 Å². The topological polar surface area (TPSA) is 48.6 Å². The minimum absolute atomic E-state index is 0. The number of aryl methyl sites for hydroxylation is 1. The van der Waals surface area contributed by atoms with Crippen LogP contribution in [-0.4, -0.2) is 28.1 Å². The molecule has 2 aliphatic heterocycles. The second-order valence-corrected chi connectivity index (χ2v) is 19.1. The number of rotatable bonds is 7. The number of hydrogen-bond donors (Lipinski definition) is 0. The van der Waals surface area contributed by atoms with Gasteiger partial charge in [-0.3, -0.25) is 4.99 Å². The molecule has 302 valence electrons. The van der Waals surface area contributed by atoms with Gasteiger partial charge in [0, 0.05) is 28.5 Å². The molecule has 5 nitrogen and oxygen atoms in total. The second-order valence-electron chi connectivity index (χ2n) is 19.1. The molecule has 1 atom stereocenters. The van der Waals surface area contributed by atoms with E-state index < -0.39 is 0 Å². The summed E-state index contributed by atoms with van der Waals surface area (Å²) in [5.74, 6) is 3.26. The summed E-state index contributed by atoms with van der Waals surface area (Å²) in [5.41, 5.74) is 13.6. The molecule has 0 N–H and O–H groups in total. The predicted octanol–water partition coefficient (Wildman–Crippen LogP) is 13.5. The molecule has 0 saturated heterocycles. The standard InChI is InChI=1S/C52H57N3O2.Pt/c1-30(2)38-18-14-19-39(31(3)4)47(38)34-23-35(50-54-44(29-56-50)33-16-12-11-13-17-33)25-37(24-34)57-46-28-45-42(22-32(46)5)52(9,10)43-27-36(51(6,7)8)26-41-40-20-15-21-53-49(40)55(45)48(41)43;/h14-15,18-24,26-27,30-31,33,44H,11-13,16-17,29H2,1-10H3;/q-2;+2/t44-;/m0./s1. The van der Waals surface area contributed by atoms with Gasteiger partial charge in [-0.2, -0.15) is 6.07 Å². The number of benzene rings is 4. The molecule has 9 rings (SSSR count). The number of ether oxygens (including phenoxy) is 2. The molecule has 0 radical (unpaired) electrons. The number of pyridine rings is 1. The maximum atomic E-state index is 7.03. The van der Waals surface area contributed by atoms with Crippen LogP contribution in [0.2, 0.25) is 0 Å². The van der Waals surface area contributed by atoms with Gasteiger partial charge in [-0.05, 0) is 87.4 Å². The van der Waals surface area contributed by atoms with Gasteiger partial charge < -0.3 is 14.0 Å². The Balaban J connectivity index is 0.00000469. The number of fused-ring (bicyclic) bond motifs is 5. The molecule has 1 fully saturated rings. The van der Waals surface area contributed by atoms with E-state index in [1.807, 2.05) is 12.3 Å². The molecule has 3 aliphatic rings. The number of nitrogens with zero attached hydrogens (tertiary/aromatic N) is 3. The Labute approximate surface area is 359 Å². The third kappa shape index (κ3) is 6.84. The third-order valence-corrected chi connectivity index (χ3v) is 13.1. The molecule has 4 aromatic carbocycles. The number of aliphatic imine (C=N–C) groups is 1. The fraction of sp³-hybridized carbons (Fsp3) is 0.423. The van der Waals surface area contributed by atoms with Crippen LogP contribution in [0.5, 0.6) is 11.5 Å². The molecule has 58 heavy (non-hydrogen) atoms. The van der Waals surface area contributed by atoms with Crippen molar-refractivity contribution in [3.63, 3.8) is 0 Å². The van der Waals surface area contributed by atoms with Gasteiger partial charge in [0.2, 0.25) is 0 Å².